The molecule has 0 spiro atoms. The predicted octanol–water partition coefficient (Wildman–Crippen LogP) is 1.93. The molecule has 0 aliphatic heterocycles. The van der Waals surface area contributed by atoms with Gasteiger partial charge in [-0.05, 0) is 17.7 Å². The predicted molar refractivity (Wildman–Crippen MR) is 71.1 cm³/mol. The van der Waals surface area contributed by atoms with Crippen LogP contribution in [0.4, 0.5) is 5.82 Å². The fraction of sp³-hybridized carbons (Fsp3) is 0.143. The van der Waals surface area contributed by atoms with Gasteiger partial charge in [-0.3, -0.25) is 0 Å². The Morgan fingerprint density at radius 3 is 2.47 bits per heavy atom. The van der Waals surface area contributed by atoms with Crippen LogP contribution >= 0.6 is 0 Å². The van der Waals surface area contributed by atoms with E-state index in [1.54, 1.807) is 6.07 Å². The van der Waals surface area contributed by atoms with Crippen molar-refractivity contribution in [2.45, 2.75) is 6.04 Å². The summed E-state index contributed by atoms with van der Waals surface area (Å²) in [5, 5.41) is 21.2. The summed E-state index contributed by atoms with van der Waals surface area (Å²) < 4.78 is 0. The number of rotatable bonds is 5. The molecule has 2 rings (SSSR count). The maximum Gasteiger partial charge on any atom is 0.337 e. The largest absolute Gasteiger partial charge is 0.478 e. The van der Waals surface area contributed by atoms with E-state index in [1.807, 2.05) is 30.3 Å². The second-order valence-corrected chi connectivity index (χ2v) is 4.03. The first-order chi connectivity index (χ1) is 9.20. The van der Waals surface area contributed by atoms with Crippen molar-refractivity contribution in [3.63, 3.8) is 0 Å². The molecule has 1 unspecified atom stereocenters. The van der Waals surface area contributed by atoms with E-state index in [4.69, 9.17) is 5.11 Å². The molecule has 0 amide bonds. The zero-order valence-corrected chi connectivity index (χ0v) is 10.2. The number of carboxylic acid groups (broad SMARTS) is 1. The minimum absolute atomic E-state index is 0.0770. The van der Waals surface area contributed by atoms with Gasteiger partial charge < -0.3 is 15.5 Å². The number of pyridine rings is 1. The third kappa shape index (κ3) is 3.29. The number of carbonyl (C=O) groups is 1. The number of aliphatic hydroxyl groups excluding tert-OH is 1. The highest BCUT2D eigenvalue weighted by atomic mass is 16.4. The summed E-state index contributed by atoms with van der Waals surface area (Å²) >= 11 is 0. The molecule has 0 fully saturated rings. The van der Waals surface area contributed by atoms with Crippen LogP contribution in [0.5, 0.6) is 0 Å². The normalized spacial score (nSPS) is 11.8. The van der Waals surface area contributed by atoms with E-state index in [9.17, 15) is 9.90 Å². The number of aromatic carboxylic acids is 1. The number of carboxylic acids is 1. The summed E-state index contributed by atoms with van der Waals surface area (Å²) in [6.45, 7) is -0.0770. The molecule has 1 aromatic carbocycles. The molecule has 3 N–H and O–H groups in total. The molecule has 0 bridgehead atoms. The molecular weight excluding hydrogens is 244 g/mol. The average molecular weight is 258 g/mol. The number of nitrogens with one attached hydrogen (secondary N) is 1. The van der Waals surface area contributed by atoms with Crippen LogP contribution in [0.15, 0.2) is 48.7 Å². The first kappa shape index (κ1) is 13.0. The van der Waals surface area contributed by atoms with Gasteiger partial charge in [-0.1, -0.05) is 30.3 Å². The van der Waals surface area contributed by atoms with E-state index in [0.29, 0.717) is 5.82 Å². The van der Waals surface area contributed by atoms with Crippen LogP contribution in [0.2, 0.25) is 0 Å². The fourth-order valence-electron chi connectivity index (χ4n) is 1.70. The molecule has 0 radical (unpaired) electrons. The molecule has 0 aliphatic rings. The Balaban J connectivity index is 2.12. The van der Waals surface area contributed by atoms with E-state index in [2.05, 4.69) is 10.3 Å². The van der Waals surface area contributed by atoms with E-state index in [-0.39, 0.29) is 18.2 Å². The maximum absolute atomic E-state index is 10.7. The lowest BCUT2D eigenvalue weighted by molar-refractivity contribution is 0.0696. The minimum atomic E-state index is -1.01. The lowest BCUT2D eigenvalue weighted by atomic mass is 10.1. The molecule has 98 valence electrons. The molecule has 0 aliphatic carbocycles. The third-order valence-corrected chi connectivity index (χ3v) is 2.72. The average Bonchev–Trinajstić information content (AvgIpc) is 2.46. The summed E-state index contributed by atoms with van der Waals surface area (Å²) in [5.41, 5.74) is 1.07. The standard InChI is InChI=1S/C14H14N2O3/c17-9-12(10-4-2-1-3-5-10)16-13-7-6-11(8-15-13)14(18)19/h1-8,12,17H,9H2,(H,15,16)(H,18,19). The highest BCUT2D eigenvalue weighted by Gasteiger charge is 2.10. The highest BCUT2D eigenvalue weighted by molar-refractivity contribution is 5.87. The van der Waals surface area contributed by atoms with Gasteiger partial charge in [0.15, 0.2) is 0 Å². The van der Waals surface area contributed by atoms with E-state index in [1.165, 1.54) is 12.3 Å². The minimum Gasteiger partial charge on any atom is -0.478 e. The summed E-state index contributed by atoms with van der Waals surface area (Å²) in [4.78, 5) is 14.7. The van der Waals surface area contributed by atoms with Gasteiger partial charge in [0.2, 0.25) is 0 Å². The number of benzene rings is 1. The first-order valence-electron chi connectivity index (χ1n) is 5.82. The van der Waals surface area contributed by atoms with Crippen LogP contribution in [0.25, 0.3) is 0 Å². The Kier molecular flexibility index (Phi) is 4.10. The van der Waals surface area contributed by atoms with Crippen LogP contribution in [0, 0.1) is 0 Å². The van der Waals surface area contributed by atoms with E-state index in [0.717, 1.165) is 5.56 Å². The van der Waals surface area contributed by atoms with Crippen molar-refractivity contribution in [1.82, 2.24) is 4.98 Å². The van der Waals surface area contributed by atoms with Gasteiger partial charge in [-0.25, -0.2) is 9.78 Å². The summed E-state index contributed by atoms with van der Waals surface area (Å²) in [7, 11) is 0. The van der Waals surface area contributed by atoms with Crippen LogP contribution in [0.1, 0.15) is 22.0 Å². The van der Waals surface area contributed by atoms with Gasteiger partial charge in [0.05, 0.1) is 18.2 Å². The van der Waals surface area contributed by atoms with Crippen molar-refractivity contribution in [1.29, 1.82) is 0 Å². The second kappa shape index (κ2) is 5.97. The van der Waals surface area contributed by atoms with Crippen molar-refractivity contribution < 1.29 is 15.0 Å². The first-order valence-corrected chi connectivity index (χ1v) is 5.82. The Morgan fingerprint density at radius 1 is 1.21 bits per heavy atom. The molecule has 5 heteroatoms. The zero-order valence-electron chi connectivity index (χ0n) is 10.2. The van der Waals surface area contributed by atoms with Crippen LogP contribution in [0.3, 0.4) is 0 Å². The Morgan fingerprint density at radius 2 is 1.95 bits per heavy atom. The molecule has 2 aromatic rings. The summed E-state index contributed by atoms with van der Waals surface area (Å²) in [5.74, 6) is -0.492. The van der Waals surface area contributed by atoms with Crippen LogP contribution < -0.4 is 5.32 Å². The second-order valence-electron chi connectivity index (χ2n) is 4.03. The van der Waals surface area contributed by atoms with Crippen molar-refractivity contribution >= 4 is 11.8 Å². The number of hydrogen-bond acceptors (Lipinski definition) is 4. The molecule has 1 heterocycles. The molecule has 1 atom stereocenters. The third-order valence-electron chi connectivity index (χ3n) is 2.72. The van der Waals surface area contributed by atoms with Crippen molar-refractivity contribution in [3.8, 4) is 0 Å². The number of anilines is 1. The van der Waals surface area contributed by atoms with Crippen molar-refractivity contribution in [3.05, 3.63) is 59.8 Å². The quantitative estimate of drug-likeness (QED) is 0.763. The number of nitrogens with zero attached hydrogens (tertiary/aromatic N) is 1. The zero-order chi connectivity index (χ0) is 13.7. The van der Waals surface area contributed by atoms with Crippen molar-refractivity contribution in [2.75, 3.05) is 11.9 Å². The lowest BCUT2D eigenvalue weighted by Crippen LogP contribution is -2.15. The molecule has 0 saturated carbocycles. The number of aromatic nitrogens is 1. The SMILES string of the molecule is O=C(O)c1ccc(NC(CO)c2ccccc2)nc1. The highest BCUT2D eigenvalue weighted by Crippen LogP contribution is 2.17. The fourth-order valence-corrected chi connectivity index (χ4v) is 1.70. The van der Waals surface area contributed by atoms with Crippen LogP contribution in [-0.4, -0.2) is 27.8 Å². The smallest absolute Gasteiger partial charge is 0.337 e. The summed E-state index contributed by atoms with van der Waals surface area (Å²) in [6.07, 6.45) is 1.28. The monoisotopic (exact) mass is 258 g/mol. The molecule has 19 heavy (non-hydrogen) atoms. The van der Waals surface area contributed by atoms with Gasteiger partial charge in [-0.15, -0.1) is 0 Å². The Bertz CT molecular complexity index is 540. The van der Waals surface area contributed by atoms with E-state index < -0.39 is 5.97 Å². The topological polar surface area (TPSA) is 82.5 Å². The Labute approximate surface area is 110 Å². The molecule has 5 nitrogen and oxygen atoms in total. The van der Waals surface area contributed by atoms with E-state index >= 15 is 0 Å². The van der Waals surface area contributed by atoms with Gasteiger partial charge >= 0.3 is 5.97 Å². The summed E-state index contributed by atoms with van der Waals surface area (Å²) in [6, 6.07) is 12.3. The van der Waals surface area contributed by atoms with Crippen molar-refractivity contribution in [2.24, 2.45) is 0 Å². The number of hydrogen-bond donors (Lipinski definition) is 3. The Hall–Kier alpha value is -2.40. The van der Waals surface area contributed by atoms with Gasteiger partial charge in [0, 0.05) is 6.20 Å². The van der Waals surface area contributed by atoms with Gasteiger partial charge in [0.1, 0.15) is 5.82 Å². The van der Waals surface area contributed by atoms with Crippen LogP contribution in [-0.2, 0) is 0 Å². The maximum atomic E-state index is 10.7. The van der Waals surface area contributed by atoms with Gasteiger partial charge in [-0.2, -0.15) is 0 Å². The number of aliphatic hydroxyl groups is 1. The van der Waals surface area contributed by atoms with Gasteiger partial charge in [0.25, 0.3) is 0 Å². The molecule has 1 aromatic heterocycles. The molecular formula is C14H14N2O3. The molecule has 0 saturated heterocycles. The lowest BCUT2D eigenvalue weighted by Gasteiger charge is -2.17.